The van der Waals surface area contributed by atoms with E-state index >= 15 is 0 Å². The lowest BCUT2D eigenvalue weighted by atomic mass is 10.2. The molecule has 1 heterocycles. The Morgan fingerprint density at radius 2 is 2.15 bits per heavy atom. The molecular formula is C10H18N2O. The number of aryl methyl sites for hydroxylation is 2. The van der Waals surface area contributed by atoms with Gasteiger partial charge >= 0.3 is 0 Å². The van der Waals surface area contributed by atoms with Crippen molar-refractivity contribution in [3.63, 3.8) is 0 Å². The molecule has 0 fully saturated rings. The summed E-state index contributed by atoms with van der Waals surface area (Å²) in [6, 6.07) is 1.77. The zero-order valence-corrected chi connectivity index (χ0v) is 8.45. The van der Waals surface area contributed by atoms with Crippen molar-refractivity contribution < 1.29 is 5.11 Å². The van der Waals surface area contributed by atoms with E-state index in [9.17, 15) is 5.11 Å². The summed E-state index contributed by atoms with van der Waals surface area (Å²) in [5.41, 5.74) is 1.01. The van der Waals surface area contributed by atoms with Crippen LogP contribution in [-0.2, 0) is 13.0 Å². The number of hydrogen-bond donors (Lipinski definition) is 1. The average molecular weight is 182 g/mol. The van der Waals surface area contributed by atoms with Crippen molar-refractivity contribution in [3.05, 3.63) is 11.8 Å². The molecule has 13 heavy (non-hydrogen) atoms. The topological polar surface area (TPSA) is 38.0 Å². The van der Waals surface area contributed by atoms with Crippen LogP contribution in [0.1, 0.15) is 38.8 Å². The van der Waals surface area contributed by atoms with Crippen molar-refractivity contribution in [2.75, 3.05) is 0 Å². The molecule has 0 saturated carbocycles. The lowest BCUT2D eigenvalue weighted by molar-refractivity contribution is 0.397. The van der Waals surface area contributed by atoms with Crippen molar-refractivity contribution in [2.24, 2.45) is 0 Å². The Morgan fingerprint density at radius 3 is 2.77 bits per heavy atom. The summed E-state index contributed by atoms with van der Waals surface area (Å²) in [6.45, 7) is 5.04. The Morgan fingerprint density at radius 1 is 1.38 bits per heavy atom. The summed E-state index contributed by atoms with van der Waals surface area (Å²) >= 11 is 0. The van der Waals surface area contributed by atoms with Gasteiger partial charge in [-0.05, 0) is 19.3 Å². The molecule has 0 atom stereocenters. The van der Waals surface area contributed by atoms with E-state index in [1.54, 1.807) is 10.7 Å². The van der Waals surface area contributed by atoms with Gasteiger partial charge in [0.15, 0.2) is 0 Å². The minimum atomic E-state index is 0.299. The molecule has 0 saturated heterocycles. The Bertz CT molecular complexity index is 255. The average Bonchev–Trinajstić information content (AvgIpc) is 2.45. The van der Waals surface area contributed by atoms with E-state index in [1.807, 2.05) is 0 Å². The van der Waals surface area contributed by atoms with E-state index < -0.39 is 0 Å². The molecule has 1 N–H and O–H groups in total. The van der Waals surface area contributed by atoms with E-state index in [1.165, 1.54) is 6.42 Å². The quantitative estimate of drug-likeness (QED) is 0.759. The van der Waals surface area contributed by atoms with E-state index in [0.29, 0.717) is 5.88 Å². The predicted octanol–water partition coefficient (Wildman–Crippen LogP) is 2.34. The van der Waals surface area contributed by atoms with E-state index in [0.717, 1.165) is 31.5 Å². The summed E-state index contributed by atoms with van der Waals surface area (Å²) in [5.74, 6) is 0.299. The van der Waals surface area contributed by atoms with Gasteiger partial charge in [-0.15, -0.1) is 0 Å². The van der Waals surface area contributed by atoms with Crippen LogP contribution in [0, 0.1) is 0 Å². The molecule has 0 aliphatic carbocycles. The summed E-state index contributed by atoms with van der Waals surface area (Å²) in [5, 5.41) is 13.8. The maximum absolute atomic E-state index is 9.46. The fourth-order valence-corrected chi connectivity index (χ4v) is 1.32. The molecule has 0 aliphatic rings. The van der Waals surface area contributed by atoms with Crippen LogP contribution >= 0.6 is 0 Å². The zero-order chi connectivity index (χ0) is 9.68. The van der Waals surface area contributed by atoms with Gasteiger partial charge in [0.2, 0.25) is 5.88 Å². The standard InChI is InChI=1S/C10H18N2O/c1-3-5-6-9-8-10(13)12(11-9)7-4-2/h8,13H,3-7H2,1-2H3. The van der Waals surface area contributed by atoms with Gasteiger partial charge < -0.3 is 5.11 Å². The normalized spacial score (nSPS) is 10.6. The molecule has 74 valence electrons. The van der Waals surface area contributed by atoms with Gasteiger partial charge in [0, 0.05) is 12.6 Å². The first-order valence-electron chi connectivity index (χ1n) is 5.03. The SMILES string of the molecule is CCCCc1cc(O)n(CCC)n1. The van der Waals surface area contributed by atoms with Crippen LogP contribution in [-0.4, -0.2) is 14.9 Å². The van der Waals surface area contributed by atoms with Gasteiger partial charge in [-0.3, -0.25) is 0 Å². The van der Waals surface area contributed by atoms with Crippen LogP contribution in [0.25, 0.3) is 0 Å². The molecule has 0 spiro atoms. The molecule has 0 unspecified atom stereocenters. The number of hydrogen-bond acceptors (Lipinski definition) is 2. The van der Waals surface area contributed by atoms with E-state index in [4.69, 9.17) is 0 Å². The second-order valence-electron chi connectivity index (χ2n) is 3.32. The first-order chi connectivity index (χ1) is 6.27. The number of aromatic hydroxyl groups is 1. The van der Waals surface area contributed by atoms with Crippen molar-refractivity contribution in [1.29, 1.82) is 0 Å². The van der Waals surface area contributed by atoms with Gasteiger partial charge in [0.25, 0.3) is 0 Å². The third kappa shape index (κ3) is 2.76. The highest BCUT2D eigenvalue weighted by Crippen LogP contribution is 2.13. The van der Waals surface area contributed by atoms with Crippen molar-refractivity contribution >= 4 is 0 Å². The largest absolute Gasteiger partial charge is 0.493 e. The monoisotopic (exact) mass is 182 g/mol. The van der Waals surface area contributed by atoms with Gasteiger partial charge in [0.05, 0.1) is 5.69 Å². The van der Waals surface area contributed by atoms with Crippen molar-refractivity contribution in [2.45, 2.75) is 46.1 Å². The van der Waals surface area contributed by atoms with Crippen LogP contribution in [0.15, 0.2) is 6.07 Å². The molecule has 3 nitrogen and oxygen atoms in total. The molecular weight excluding hydrogens is 164 g/mol. The van der Waals surface area contributed by atoms with Crippen LogP contribution in [0.2, 0.25) is 0 Å². The zero-order valence-electron chi connectivity index (χ0n) is 8.45. The van der Waals surface area contributed by atoms with Crippen LogP contribution in [0.3, 0.4) is 0 Å². The Balaban J connectivity index is 2.59. The lowest BCUT2D eigenvalue weighted by Crippen LogP contribution is -1.99. The number of rotatable bonds is 5. The molecule has 0 aromatic carbocycles. The summed E-state index contributed by atoms with van der Waals surface area (Å²) in [4.78, 5) is 0. The lowest BCUT2D eigenvalue weighted by Gasteiger charge is -1.98. The minimum absolute atomic E-state index is 0.299. The second kappa shape index (κ2) is 4.90. The Hall–Kier alpha value is -0.990. The van der Waals surface area contributed by atoms with Gasteiger partial charge in [-0.25, -0.2) is 4.68 Å². The number of unbranched alkanes of at least 4 members (excludes halogenated alkanes) is 1. The highest BCUT2D eigenvalue weighted by Gasteiger charge is 2.04. The highest BCUT2D eigenvalue weighted by atomic mass is 16.3. The fraction of sp³-hybridized carbons (Fsp3) is 0.700. The van der Waals surface area contributed by atoms with Crippen molar-refractivity contribution in [1.82, 2.24) is 9.78 Å². The molecule has 0 bridgehead atoms. The maximum Gasteiger partial charge on any atom is 0.209 e. The van der Waals surface area contributed by atoms with Gasteiger partial charge in [0.1, 0.15) is 0 Å². The molecule has 0 amide bonds. The van der Waals surface area contributed by atoms with Crippen molar-refractivity contribution in [3.8, 4) is 5.88 Å². The highest BCUT2D eigenvalue weighted by molar-refractivity contribution is 5.14. The van der Waals surface area contributed by atoms with E-state index in [2.05, 4.69) is 18.9 Å². The number of aromatic nitrogens is 2. The third-order valence-electron chi connectivity index (χ3n) is 2.03. The Kier molecular flexibility index (Phi) is 3.80. The fourth-order valence-electron chi connectivity index (χ4n) is 1.32. The third-order valence-corrected chi connectivity index (χ3v) is 2.03. The first-order valence-corrected chi connectivity index (χ1v) is 5.03. The molecule has 1 aromatic heterocycles. The maximum atomic E-state index is 9.46. The summed E-state index contributed by atoms with van der Waals surface area (Å²) in [6.07, 6.45) is 4.28. The van der Waals surface area contributed by atoms with Crippen LogP contribution in [0.4, 0.5) is 0 Å². The first kappa shape index (κ1) is 10.1. The molecule has 3 heteroatoms. The number of nitrogens with zero attached hydrogens (tertiary/aromatic N) is 2. The molecule has 0 aliphatic heterocycles. The molecule has 1 rings (SSSR count). The van der Waals surface area contributed by atoms with Crippen LogP contribution in [0.5, 0.6) is 5.88 Å². The summed E-state index contributed by atoms with van der Waals surface area (Å²) in [7, 11) is 0. The molecule has 1 aromatic rings. The predicted molar refractivity (Wildman–Crippen MR) is 52.8 cm³/mol. The summed E-state index contributed by atoms with van der Waals surface area (Å²) < 4.78 is 1.67. The van der Waals surface area contributed by atoms with Gasteiger partial charge in [-0.1, -0.05) is 20.3 Å². The van der Waals surface area contributed by atoms with Gasteiger partial charge in [-0.2, -0.15) is 5.10 Å². The smallest absolute Gasteiger partial charge is 0.209 e. The van der Waals surface area contributed by atoms with Crippen LogP contribution < -0.4 is 0 Å². The second-order valence-corrected chi connectivity index (χ2v) is 3.32. The minimum Gasteiger partial charge on any atom is -0.493 e. The Labute approximate surface area is 79.4 Å². The molecule has 0 radical (unpaired) electrons. The van der Waals surface area contributed by atoms with E-state index in [-0.39, 0.29) is 0 Å².